The molecule has 3 rings (SSSR count). The lowest BCUT2D eigenvalue weighted by Gasteiger charge is -2.33. The van der Waals surface area contributed by atoms with Gasteiger partial charge in [0, 0.05) is 39.4 Å². The number of aromatic nitrogens is 1. The van der Waals surface area contributed by atoms with E-state index in [4.69, 9.17) is 5.73 Å². The van der Waals surface area contributed by atoms with Crippen LogP contribution in [0.15, 0.2) is 47.5 Å². The maximum atomic E-state index is 12.9. The Morgan fingerprint density at radius 2 is 1.77 bits per heavy atom. The number of rotatable bonds is 8. The van der Waals surface area contributed by atoms with Crippen LogP contribution in [0.5, 0.6) is 0 Å². The Hall–Kier alpha value is -2.30. The van der Waals surface area contributed by atoms with Crippen LogP contribution in [0.25, 0.3) is 0 Å². The van der Waals surface area contributed by atoms with E-state index in [2.05, 4.69) is 12.1 Å². The molecule has 0 radical (unpaired) electrons. The molecule has 1 saturated heterocycles. The largest absolute Gasteiger partial charge is 0.364 e. The fourth-order valence-corrected chi connectivity index (χ4v) is 5.71. The maximum absolute atomic E-state index is 12.9. The SMILES string of the molecule is Cn1cc(S(=O)(=O)N2CCN(C(=O)CSCCc3ccccc3)CC2)cc1C(N)=O. The molecule has 30 heavy (non-hydrogen) atoms. The average Bonchev–Trinajstić information content (AvgIpc) is 3.15. The molecule has 0 unspecified atom stereocenters. The number of carbonyl (C=O) groups excluding carboxylic acids is 2. The molecule has 162 valence electrons. The first kappa shape index (κ1) is 22.4. The number of aryl methyl sites for hydroxylation is 2. The number of thioether (sulfide) groups is 1. The Morgan fingerprint density at radius 1 is 1.10 bits per heavy atom. The number of hydrogen-bond donors (Lipinski definition) is 1. The molecule has 8 nitrogen and oxygen atoms in total. The second-order valence-electron chi connectivity index (χ2n) is 7.11. The summed E-state index contributed by atoms with van der Waals surface area (Å²) in [6.07, 6.45) is 2.30. The van der Waals surface area contributed by atoms with Gasteiger partial charge >= 0.3 is 0 Å². The van der Waals surface area contributed by atoms with Gasteiger partial charge in [0.05, 0.1) is 5.75 Å². The molecule has 2 N–H and O–H groups in total. The molecule has 2 aromatic rings. The molecule has 1 aromatic heterocycles. The third kappa shape index (κ3) is 5.24. The van der Waals surface area contributed by atoms with Crippen LogP contribution in [0.3, 0.4) is 0 Å². The van der Waals surface area contributed by atoms with Gasteiger partial charge in [-0.25, -0.2) is 8.42 Å². The summed E-state index contributed by atoms with van der Waals surface area (Å²) in [5, 5.41) is 0. The van der Waals surface area contributed by atoms with Crippen molar-refractivity contribution in [1.82, 2.24) is 13.8 Å². The lowest BCUT2D eigenvalue weighted by Crippen LogP contribution is -2.50. The van der Waals surface area contributed by atoms with Crippen molar-refractivity contribution in [2.45, 2.75) is 11.3 Å². The molecular formula is C20H26N4O4S2. The molecule has 0 saturated carbocycles. The smallest absolute Gasteiger partial charge is 0.265 e. The van der Waals surface area contributed by atoms with E-state index in [-0.39, 0.29) is 29.6 Å². The molecule has 0 atom stereocenters. The van der Waals surface area contributed by atoms with Crippen molar-refractivity contribution in [2.24, 2.45) is 12.8 Å². The van der Waals surface area contributed by atoms with Crippen LogP contribution in [-0.2, 0) is 28.3 Å². The second kappa shape index (κ2) is 9.67. The van der Waals surface area contributed by atoms with Crippen LogP contribution in [0.1, 0.15) is 16.1 Å². The predicted octanol–water partition coefficient (Wildman–Crippen LogP) is 0.933. The molecule has 0 bridgehead atoms. The minimum absolute atomic E-state index is 0.0286. The van der Waals surface area contributed by atoms with Crippen LogP contribution in [0.4, 0.5) is 0 Å². The normalized spacial score (nSPS) is 15.3. The van der Waals surface area contributed by atoms with Gasteiger partial charge in [0.15, 0.2) is 0 Å². The number of nitrogens with two attached hydrogens (primary N) is 1. The number of piperazine rings is 1. The molecule has 10 heteroatoms. The third-order valence-corrected chi connectivity index (χ3v) is 7.87. The highest BCUT2D eigenvalue weighted by Crippen LogP contribution is 2.20. The Labute approximate surface area is 181 Å². The summed E-state index contributed by atoms with van der Waals surface area (Å²) < 4.78 is 28.5. The topological polar surface area (TPSA) is 106 Å². The summed E-state index contributed by atoms with van der Waals surface area (Å²) in [6.45, 7) is 1.16. The monoisotopic (exact) mass is 450 g/mol. The third-order valence-electron chi connectivity index (χ3n) is 5.06. The van der Waals surface area contributed by atoms with E-state index < -0.39 is 15.9 Å². The fourth-order valence-electron chi connectivity index (χ4n) is 3.33. The minimum Gasteiger partial charge on any atom is -0.364 e. The molecular weight excluding hydrogens is 424 g/mol. The van der Waals surface area contributed by atoms with Crippen LogP contribution in [-0.4, -0.2) is 71.7 Å². The van der Waals surface area contributed by atoms with Crippen molar-refractivity contribution in [2.75, 3.05) is 37.7 Å². The van der Waals surface area contributed by atoms with Gasteiger partial charge in [-0.1, -0.05) is 30.3 Å². The van der Waals surface area contributed by atoms with Gasteiger partial charge in [0.25, 0.3) is 5.91 Å². The van der Waals surface area contributed by atoms with E-state index in [9.17, 15) is 18.0 Å². The van der Waals surface area contributed by atoms with Crippen LogP contribution in [0.2, 0.25) is 0 Å². The van der Waals surface area contributed by atoms with E-state index in [1.807, 2.05) is 18.2 Å². The van der Waals surface area contributed by atoms with Gasteiger partial charge in [-0.15, -0.1) is 0 Å². The molecule has 0 aliphatic carbocycles. The van der Waals surface area contributed by atoms with Crippen LogP contribution in [0, 0.1) is 0 Å². The average molecular weight is 451 g/mol. The fraction of sp³-hybridized carbons (Fsp3) is 0.400. The molecule has 1 aliphatic heterocycles. The first-order chi connectivity index (χ1) is 14.3. The highest BCUT2D eigenvalue weighted by Gasteiger charge is 2.31. The van der Waals surface area contributed by atoms with E-state index in [1.54, 1.807) is 23.7 Å². The number of hydrogen-bond acceptors (Lipinski definition) is 5. The Balaban J connectivity index is 1.48. The van der Waals surface area contributed by atoms with Gasteiger partial charge in [0.2, 0.25) is 15.9 Å². The zero-order chi connectivity index (χ0) is 21.7. The first-order valence-electron chi connectivity index (χ1n) is 9.65. The molecule has 2 amide bonds. The van der Waals surface area contributed by atoms with Crippen molar-refractivity contribution in [1.29, 1.82) is 0 Å². The quantitative estimate of drug-likeness (QED) is 0.603. The summed E-state index contributed by atoms with van der Waals surface area (Å²) in [5.74, 6) is 0.598. The van der Waals surface area contributed by atoms with E-state index >= 15 is 0 Å². The number of sulfonamides is 1. The zero-order valence-electron chi connectivity index (χ0n) is 16.9. The zero-order valence-corrected chi connectivity index (χ0v) is 18.5. The highest BCUT2D eigenvalue weighted by molar-refractivity contribution is 7.99. The van der Waals surface area contributed by atoms with Gasteiger partial charge in [-0.2, -0.15) is 16.1 Å². The van der Waals surface area contributed by atoms with E-state index in [0.717, 1.165) is 12.2 Å². The molecule has 1 fully saturated rings. The summed E-state index contributed by atoms with van der Waals surface area (Å²) in [4.78, 5) is 25.6. The van der Waals surface area contributed by atoms with Crippen molar-refractivity contribution in [3.63, 3.8) is 0 Å². The van der Waals surface area contributed by atoms with Crippen LogP contribution < -0.4 is 5.73 Å². The van der Waals surface area contributed by atoms with Crippen molar-refractivity contribution in [3.8, 4) is 0 Å². The molecule has 1 aliphatic rings. The van der Waals surface area contributed by atoms with Gasteiger partial charge < -0.3 is 15.2 Å². The summed E-state index contributed by atoms with van der Waals surface area (Å²) >= 11 is 1.59. The molecule has 1 aromatic carbocycles. The Morgan fingerprint density at radius 3 is 2.37 bits per heavy atom. The lowest BCUT2D eigenvalue weighted by atomic mass is 10.2. The Kier molecular flexibility index (Phi) is 7.22. The number of primary amides is 1. The van der Waals surface area contributed by atoms with Crippen LogP contribution >= 0.6 is 11.8 Å². The van der Waals surface area contributed by atoms with Gasteiger partial charge in [-0.3, -0.25) is 9.59 Å². The highest BCUT2D eigenvalue weighted by atomic mass is 32.2. The van der Waals surface area contributed by atoms with Crippen molar-refractivity contribution in [3.05, 3.63) is 53.9 Å². The summed E-state index contributed by atoms with van der Waals surface area (Å²) in [5.41, 5.74) is 6.65. The number of amides is 2. The van der Waals surface area contributed by atoms with Crippen molar-refractivity contribution >= 4 is 33.6 Å². The summed E-state index contributed by atoms with van der Waals surface area (Å²) in [7, 11) is -2.16. The number of nitrogens with zero attached hydrogens (tertiary/aromatic N) is 3. The van der Waals surface area contributed by atoms with Gasteiger partial charge in [-0.05, 0) is 23.8 Å². The number of carbonyl (C=O) groups is 2. The first-order valence-corrected chi connectivity index (χ1v) is 12.2. The number of benzene rings is 1. The summed E-state index contributed by atoms with van der Waals surface area (Å²) in [6, 6.07) is 11.4. The van der Waals surface area contributed by atoms with Crippen molar-refractivity contribution < 1.29 is 18.0 Å². The van der Waals surface area contributed by atoms with E-state index in [0.29, 0.717) is 18.8 Å². The lowest BCUT2D eigenvalue weighted by molar-refractivity contribution is -0.129. The maximum Gasteiger partial charge on any atom is 0.265 e. The molecule has 2 heterocycles. The Bertz CT molecular complexity index is 997. The minimum atomic E-state index is -3.74. The predicted molar refractivity (Wildman–Crippen MR) is 117 cm³/mol. The molecule has 0 spiro atoms. The second-order valence-corrected chi connectivity index (χ2v) is 10.2. The standard InChI is InChI=1S/C20H26N4O4S2/c1-22-14-17(13-18(22)20(21)26)30(27,28)24-10-8-23(9-11-24)19(25)15-29-12-7-16-5-3-2-4-6-16/h2-6,13-14H,7-12,15H2,1H3,(H2,21,26). The van der Waals surface area contributed by atoms with Gasteiger partial charge in [0.1, 0.15) is 10.6 Å². The van der Waals surface area contributed by atoms with E-state index in [1.165, 1.54) is 26.7 Å².